The molecule has 1 aromatic carbocycles. The molecule has 10 heteroatoms. The molecule has 3 aliphatic rings. The summed E-state index contributed by atoms with van der Waals surface area (Å²) in [4.78, 5) is 39.8. The summed E-state index contributed by atoms with van der Waals surface area (Å²) in [7, 11) is 2.35. The van der Waals surface area contributed by atoms with Crippen LogP contribution in [0.3, 0.4) is 0 Å². The van der Waals surface area contributed by atoms with Crippen LogP contribution in [0, 0.1) is 0 Å². The molecule has 0 fully saturated rings. The molecular weight excluding hydrogens is 422 g/mol. The molecule has 4 rings (SSSR count). The van der Waals surface area contributed by atoms with E-state index in [2.05, 4.69) is 26.6 Å². The highest BCUT2D eigenvalue weighted by Gasteiger charge is 2.61. The first kappa shape index (κ1) is 17.6. The number of nitrogens with one attached hydrogen (secondary N) is 2. The molecule has 3 heterocycles. The van der Waals surface area contributed by atoms with E-state index in [1.54, 1.807) is 18.2 Å². The second-order valence-electron chi connectivity index (χ2n) is 5.89. The highest BCUT2D eigenvalue weighted by molar-refractivity contribution is 9.10. The molecule has 0 aliphatic carbocycles. The van der Waals surface area contributed by atoms with Crippen molar-refractivity contribution < 1.29 is 28.6 Å². The number of amides is 1. The summed E-state index contributed by atoms with van der Waals surface area (Å²) in [5.74, 6) is -2.28. The maximum atomic E-state index is 13.1. The highest BCUT2D eigenvalue weighted by Crippen LogP contribution is 2.50. The number of hydrogen-bond acceptors (Lipinski definition) is 8. The standard InChI is InChI=1S/C17H14BrN3O6/c1-25-13(22)11-12(14(23)26-2)21-6-5-19-16(21)27-17(11)9-7-8(18)3-4-10(9)20-15(17)24/h3-7,16,19H,1-2H3,(H,20,24)/t16-,17?/m0/s1. The van der Waals surface area contributed by atoms with Gasteiger partial charge in [0.05, 0.1) is 14.2 Å². The number of carbonyl (C=O) groups excluding carboxylic acids is 3. The molecule has 0 radical (unpaired) electrons. The molecular formula is C17H14BrN3O6. The minimum absolute atomic E-state index is 0.134. The molecule has 2 N–H and O–H groups in total. The monoisotopic (exact) mass is 435 g/mol. The predicted octanol–water partition coefficient (Wildman–Crippen LogP) is 0.887. The van der Waals surface area contributed by atoms with Crippen LogP contribution in [-0.2, 0) is 34.2 Å². The second kappa shape index (κ2) is 6.10. The van der Waals surface area contributed by atoms with E-state index in [0.29, 0.717) is 15.7 Å². The van der Waals surface area contributed by atoms with Gasteiger partial charge in [-0.25, -0.2) is 9.59 Å². The Balaban J connectivity index is 2.07. The number of ether oxygens (including phenoxy) is 3. The summed E-state index contributed by atoms with van der Waals surface area (Å²) in [6.45, 7) is 0. The zero-order valence-electron chi connectivity index (χ0n) is 14.2. The van der Waals surface area contributed by atoms with Crippen LogP contribution < -0.4 is 10.6 Å². The number of methoxy groups -OCH3 is 2. The van der Waals surface area contributed by atoms with Crippen molar-refractivity contribution in [2.75, 3.05) is 19.5 Å². The fourth-order valence-corrected chi connectivity index (χ4v) is 3.79. The largest absolute Gasteiger partial charge is 0.465 e. The number of anilines is 1. The van der Waals surface area contributed by atoms with Crippen LogP contribution in [0.1, 0.15) is 5.56 Å². The van der Waals surface area contributed by atoms with Crippen LogP contribution in [0.15, 0.2) is 46.3 Å². The minimum Gasteiger partial charge on any atom is -0.465 e. The van der Waals surface area contributed by atoms with Crippen molar-refractivity contribution in [1.29, 1.82) is 0 Å². The smallest absolute Gasteiger partial charge is 0.355 e. The van der Waals surface area contributed by atoms with Gasteiger partial charge in [0.25, 0.3) is 5.91 Å². The van der Waals surface area contributed by atoms with Crippen molar-refractivity contribution in [2.45, 2.75) is 12.0 Å². The Bertz CT molecular complexity index is 943. The summed E-state index contributed by atoms with van der Waals surface area (Å²) in [6.07, 6.45) is 2.17. The first-order valence-corrected chi connectivity index (χ1v) is 8.65. The molecule has 1 unspecified atom stereocenters. The Morgan fingerprint density at radius 3 is 2.70 bits per heavy atom. The van der Waals surface area contributed by atoms with Crippen molar-refractivity contribution in [3.8, 4) is 0 Å². The van der Waals surface area contributed by atoms with E-state index in [-0.39, 0.29) is 11.3 Å². The second-order valence-corrected chi connectivity index (χ2v) is 6.81. The molecule has 0 saturated heterocycles. The summed E-state index contributed by atoms with van der Waals surface area (Å²) < 4.78 is 16.5. The quantitative estimate of drug-likeness (QED) is 0.659. The van der Waals surface area contributed by atoms with Gasteiger partial charge in [0.2, 0.25) is 12.0 Å². The highest BCUT2D eigenvalue weighted by atomic mass is 79.9. The van der Waals surface area contributed by atoms with Gasteiger partial charge in [-0.15, -0.1) is 0 Å². The molecule has 0 bridgehead atoms. The molecule has 0 aromatic heterocycles. The fraction of sp³-hybridized carbons (Fsp3) is 0.235. The number of fused-ring (bicyclic) bond motifs is 3. The number of nitrogens with zero attached hydrogens (tertiary/aromatic N) is 1. The molecule has 1 amide bonds. The van der Waals surface area contributed by atoms with Crippen LogP contribution in [0.4, 0.5) is 5.69 Å². The Labute approximate surface area is 162 Å². The zero-order valence-corrected chi connectivity index (χ0v) is 15.8. The van der Waals surface area contributed by atoms with Crippen molar-refractivity contribution >= 4 is 39.5 Å². The average molecular weight is 436 g/mol. The Morgan fingerprint density at radius 1 is 1.26 bits per heavy atom. The maximum absolute atomic E-state index is 13.1. The summed E-state index contributed by atoms with van der Waals surface area (Å²) in [5.41, 5.74) is -1.42. The van der Waals surface area contributed by atoms with E-state index in [1.807, 2.05) is 0 Å². The summed E-state index contributed by atoms with van der Waals surface area (Å²) in [5, 5.41) is 5.61. The van der Waals surface area contributed by atoms with E-state index in [9.17, 15) is 14.4 Å². The van der Waals surface area contributed by atoms with Crippen molar-refractivity contribution in [1.82, 2.24) is 10.2 Å². The van der Waals surface area contributed by atoms with Gasteiger partial charge in [-0.1, -0.05) is 15.9 Å². The number of benzene rings is 1. The maximum Gasteiger partial charge on any atom is 0.355 e. The van der Waals surface area contributed by atoms with Gasteiger partial charge in [0.15, 0.2) is 0 Å². The molecule has 1 aromatic rings. The van der Waals surface area contributed by atoms with Gasteiger partial charge in [-0.05, 0) is 18.2 Å². The fourth-order valence-electron chi connectivity index (χ4n) is 3.43. The number of carbonyl (C=O) groups is 3. The topological polar surface area (TPSA) is 106 Å². The summed E-state index contributed by atoms with van der Waals surface area (Å²) >= 11 is 3.37. The lowest BCUT2D eigenvalue weighted by Crippen LogP contribution is -2.56. The van der Waals surface area contributed by atoms with Crippen molar-refractivity contribution in [3.63, 3.8) is 0 Å². The lowest BCUT2D eigenvalue weighted by atomic mass is 9.84. The number of halogens is 1. The molecule has 1 spiro atoms. The Kier molecular flexibility index (Phi) is 3.97. The van der Waals surface area contributed by atoms with Gasteiger partial charge >= 0.3 is 11.9 Å². The van der Waals surface area contributed by atoms with E-state index in [0.717, 1.165) is 7.11 Å². The van der Waals surface area contributed by atoms with Crippen LogP contribution in [0.2, 0.25) is 0 Å². The van der Waals surface area contributed by atoms with Crippen LogP contribution in [0.5, 0.6) is 0 Å². The first-order chi connectivity index (χ1) is 12.9. The van der Waals surface area contributed by atoms with E-state index >= 15 is 0 Å². The molecule has 140 valence electrons. The van der Waals surface area contributed by atoms with Crippen molar-refractivity contribution in [2.24, 2.45) is 0 Å². The Morgan fingerprint density at radius 2 is 2.00 bits per heavy atom. The third kappa shape index (κ3) is 2.30. The molecule has 3 aliphatic heterocycles. The predicted molar refractivity (Wildman–Crippen MR) is 94.5 cm³/mol. The summed E-state index contributed by atoms with van der Waals surface area (Å²) in [6, 6.07) is 5.07. The van der Waals surface area contributed by atoms with Gasteiger partial charge in [-0.3, -0.25) is 9.69 Å². The van der Waals surface area contributed by atoms with Crippen LogP contribution in [-0.4, -0.2) is 43.3 Å². The van der Waals surface area contributed by atoms with E-state index in [4.69, 9.17) is 14.2 Å². The van der Waals surface area contributed by atoms with Gasteiger partial charge in [0, 0.05) is 28.1 Å². The third-order valence-corrected chi connectivity index (χ3v) is 5.05. The lowest BCUT2D eigenvalue weighted by molar-refractivity contribution is -0.174. The molecule has 9 nitrogen and oxygen atoms in total. The first-order valence-electron chi connectivity index (χ1n) is 7.85. The van der Waals surface area contributed by atoms with Crippen molar-refractivity contribution in [3.05, 3.63) is 51.9 Å². The number of rotatable bonds is 2. The molecule has 27 heavy (non-hydrogen) atoms. The minimum atomic E-state index is -1.88. The number of esters is 2. The van der Waals surface area contributed by atoms with Gasteiger partial charge in [0.1, 0.15) is 11.3 Å². The SMILES string of the molecule is COC(=O)C1=C(C(=O)OC)C2(O[C@H]3NC=CN13)C(=O)Nc1ccc(Br)cc12. The molecule has 2 atom stereocenters. The van der Waals surface area contributed by atoms with Gasteiger partial charge < -0.3 is 24.8 Å². The van der Waals surface area contributed by atoms with Crippen LogP contribution in [0.25, 0.3) is 0 Å². The number of hydrogen-bond donors (Lipinski definition) is 2. The van der Waals surface area contributed by atoms with E-state index in [1.165, 1.54) is 24.4 Å². The van der Waals surface area contributed by atoms with Crippen LogP contribution >= 0.6 is 15.9 Å². The van der Waals surface area contributed by atoms with Gasteiger partial charge in [-0.2, -0.15) is 0 Å². The Hall–Kier alpha value is -2.85. The zero-order chi connectivity index (χ0) is 19.3. The average Bonchev–Trinajstić information content (AvgIpc) is 3.23. The lowest BCUT2D eigenvalue weighted by Gasteiger charge is -2.41. The third-order valence-electron chi connectivity index (χ3n) is 4.56. The normalized spacial score (nSPS) is 25.1. The van der Waals surface area contributed by atoms with E-state index < -0.39 is 29.8 Å². The molecule has 0 saturated carbocycles.